The van der Waals surface area contributed by atoms with E-state index in [-0.39, 0.29) is 0 Å². The summed E-state index contributed by atoms with van der Waals surface area (Å²) in [7, 11) is -3.12. The second-order valence-corrected chi connectivity index (χ2v) is 7.88. The van der Waals surface area contributed by atoms with Gasteiger partial charge >= 0.3 is 0 Å². The molecule has 2 atom stereocenters. The van der Waals surface area contributed by atoms with E-state index in [1.165, 1.54) is 25.5 Å². The van der Waals surface area contributed by atoms with Gasteiger partial charge < -0.3 is 10.2 Å². The van der Waals surface area contributed by atoms with Gasteiger partial charge in [-0.3, -0.25) is 0 Å². The summed E-state index contributed by atoms with van der Waals surface area (Å²) < 4.78 is 23.1. The van der Waals surface area contributed by atoms with Crippen LogP contribution in [0.4, 0.5) is 5.69 Å². The standard InChI is InChI=1S/C16H26N2O2S/c1-4-17-13(2)16-7-5-6-12-18(16)14-8-10-15(11-9-14)21(3,19)20/h8-11,13,16-17H,4-7,12H2,1-3H3. The number of nitrogens with zero attached hydrogens (tertiary/aromatic N) is 1. The zero-order chi connectivity index (χ0) is 15.5. The van der Waals surface area contributed by atoms with Gasteiger partial charge in [-0.2, -0.15) is 0 Å². The molecule has 0 spiro atoms. The number of sulfone groups is 1. The number of likely N-dealkylation sites (N-methyl/N-ethyl adjacent to an activating group) is 1. The second-order valence-electron chi connectivity index (χ2n) is 5.87. The Balaban J connectivity index is 2.21. The first-order valence-electron chi connectivity index (χ1n) is 7.73. The normalized spacial score (nSPS) is 21.3. The van der Waals surface area contributed by atoms with Crippen LogP contribution in [0.3, 0.4) is 0 Å². The number of benzene rings is 1. The Hall–Kier alpha value is -1.07. The summed E-state index contributed by atoms with van der Waals surface area (Å²) in [5.41, 5.74) is 1.12. The molecule has 21 heavy (non-hydrogen) atoms. The number of hydrogen-bond acceptors (Lipinski definition) is 4. The van der Waals surface area contributed by atoms with Crippen molar-refractivity contribution in [1.82, 2.24) is 5.32 Å². The number of piperidine rings is 1. The molecule has 5 heteroatoms. The third kappa shape index (κ3) is 3.98. The summed E-state index contributed by atoms with van der Waals surface area (Å²) in [6, 6.07) is 8.22. The van der Waals surface area contributed by atoms with Crippen LogP contribution in [0.5, 0.6) is 0 Å². The molecule has 118 valence electrons. The largest absolute Gasteiger partial charge is 0.367 e. The topological polar surface area (TPSA) is 49.4 Å². The molecular formula is C16H26N2O2S. The molecule has 0 aromatic heterocycles. The van der Waals surface area contributed by atoms with Crippen LogP contribution in [-0.2, 0) is 9.84 Å². The average Bonchev–Trinajstić information content (AvgIpc) is 2.47. The lowest BCUT2D eigenvalue weighted by Crippen LogP contribution is -2.51. The Morgan fingerprint density at radius 3 is 2.52 bits per heavy atom. The maximum absolute atomic E-state index is 11.6. The Kier molecular flexibility index (Phi) is 5.27. The van der Waals surface area contributed by atoms with E-state index >= 15 is 0 Å². The van der Waals surface area contributed by atoms with E-state index in [4.69, 9.17) is 0 Å². The van der Waals surface area contributed by atoms with Crippen molar-refractivity contribution in [2.24, 2.45) is 0 Å². The molecular weight excluding hydrogens is 284 g/mol. The Bertz CT molecular complexity index is 554. The van der Waals surface area contributed by atoms with Gasteiger partial charge in [0.1, 0.15) is 0 Å². The summed E-state index contributed by atoms with van der Waals surface area (Å²) >= 11 is 0. The molecule has 0 bridgehead atoms. The van der Waals surface area contributed by atoms with Crippen molar-refractivity contribution in [3.8, 4) is 0 Å². The molecule has 1 heterocycles. The van der Waals surface area contributed by atoms with E-state index < -0.39 is 9.84 Å². The van der Waals surface area contributed by atoms with Gasteiger partial charge in [-0.05, 0) is 57.0 Å². The van der Waals surface area contributed by atoms with Crippen LogP contribution in [0, 0.1) is 0 Å². The minimum Gasteiger partial charge on any atom is -0.367 e. The summed E-state index contributed by atoms with van der Waals surface area (Å²) in [6.45, 7) is 6.37. The summed E-state index contributed by atoms with van der Waals surface area (Å²) in [5.74, 6) is 0. The number of anilines is 1. The highest BCUT2D eigenvalue weighted by atomic mass is 32.2. The monoisotopic (exact) mass is 310 g/mol. The predicted molar refractivity (Wildman–Crippen MR) is 87.7 cm³/mol. The molecule has 0 amide bonds. The highest BCUT2D eigenvalue weighted by molar-refractivity contribution is 7.90. The van der Waals surface area contributed by atoms with Crippen molar-refractivity contribution in [3.05, 3.63) is 24.3 Å². The van der Waals surface area contributed by atoms with Crippen molar-refractivity contribution in [1.29, 1.82) is 0 Å². The van der Waals surface area contributed by atoms with E-state index in [1.807, 2.05) is 12.1 Å². The Morgan fingerprint density at radius 2 is 1.95 bits per heavy atom. The zero-order valence-electron chi connectivity index (χ0n) is 13.2. The van der Waals surface area contributed by atoms with E-state index in [2.05, 4.69) is 24.1 Å². The highest BCUT2D eigenvalue weighted by Crippen LogP contribution is 2.27. The first kappa shape index (κ1) is 16.3. The first-order valence-corrected chi connectivity index (χ1v) is 9.62. The first-order chi connectivity index (χ1) is 9.93. The number of rotatable bonds is 5. The van der Waals surface area contributed by atoms with Gasteiger partial charge in [0.15, 0.2) is 9.84 Å². The summed E-state index contributed by atoms with van der Waals surface area (Å²) in [5, 5.41) is 3.51. The SMILES string of the molecule is CCNC(C)C1CCCCN1c1ccc(S(C)(=O)=O)cc1. The Labute approximate surface area is 128 Å². The molecule has 1 N–H and O–H groups in total. The molecule has 2 unspecified atom stereocenters. The quantitative estimate of drug-likeness (QED) is 0.907. The lowest BCUT2D eigenvalue weighted by atomic mass is 9.95. The van der Waals surface area contributed by atoms with E-state index in [0.717, 1.165) is 18.8 Å². The van der Waals surface area contributed by atoms with Crippen LogP contribution < -0.4 is 10.2 Å². The molecule has 1 aliphatic heterocycles. The van der Waals surface area contributed by atoms with E-state index in [9.17, 15) is 8.42 Å². The van der Waals surface area contributed by atoms with E-state index in [0.29, 0.717) is 17.0 Å². The highest BCUT2D eigenvalue weighted by Gasteiger charge is 2.27. The van der Waals surface area contributed by atoms with Gasteiger partial charge in [0.05, 0.1) is 4.90 Å². The molecule has 4 nitrogen and oxygen atoms in total. The van der Waals surface area contributed by atoms with E-state index in [1.54, 1.807) is 12.1 Å². The average molecular weight is 310 g/mol. The van der Waals surface area contributed by atoms with Gasteiger partial charge in [-0.25, -0.2) is 8.42 Å². The molecule has 1 aromatic rings. The minimum absolute atomic E-state index is 0.388. The molecule has 1 saturated heterocycles. The van der Waals surface area contributed by atoms with Crippen LogP contribution in [0.1, 0.15) is 33.1 Å². The number of hydrogen-bond donors (Lipinski definition) is 1. The fourth-order valence-corrected chi connectivity index (χ4v) is 3.77. The molecule has 0 radical (unpaired) electrons. The van der Waals surface area contributed by atoms with Gasteiger partial charge in [-0.15, -0.1) is 0 Å². The van der Waals surface area contributed by atoms with Crippen molar-refractivity contribution < 1.29 is 8.42 Å². The molecule has 0 saturated carbocycles. The molecule has 1 fully saturated rings. The Morgan fingerprint density at radius 1 is 1.29 bits per heavy atom. The number of nitrogens with one attached hydrogen (secondary N) is 1. The van der Waals surface area contributed by atoms with Crippen LogP contribution in [0.2, 0.25) is 0 Å². The smallest absolute Gasteiger partial charge is 0.175 e. The van der Waals surface area contributed by atoms with Crippen LogP contribution in [0.15, 0.2) is 29.2 Å². The zero-order valence-corrected chi connectivity index (χ0v) is 14.0. The van der Waals surface area contributed by atoms with Gasteiger partial charge in [-0.1, -0.05) is 6.92 Å². The minimum atomic E-state index is -3.12. The third-order valence-corrected chi connectivity index (χ3v) is 5.38. The summed E-state index contributed by atoms with van der Waals surface area (Å²) in [6.07, 6.45) is 4.89. The van der Waals surface area contributed by atoms with Gasteiger partial charge in [0, 0.05) is 30.6 Å². The van der Waals surface area contributed by atoms with Crippen molar-refractivity contribution in [3.63, 3.8) is 0 Å². The molecule has 1 aliphatic rings. The van der Waals surface area contributed by atoms with Crippen molar-refractivity contribution in [2.75, 3.05) is 24.2 Å². The van der Waals surface area contributed by atoms with Crippen LogP contribution in [0.25, 0.3) is 0 Å². The maximum atomic E-state index is 11.6. The second kappa shape index (κ2) is 6.79. The fourth-order valence-electron chi connectivity index (χ4n) is 3.14. The van der Waals surface area contributed by atoms with Crippen molar-refractivity contribution in [2.45, 2.75) is 50.1 Å². The molecule has 1 aromatic carbocycles. The lowest BCUT2D eigenvalue weighted by Gasteiger charge is -2.41. The van der Waals surface area contributed by atoms with Crippen LogP contribution in [-0.4, -0.2) is 39.8 Å². The lowest BCUT2D eigenvalue weighted by molar-refractivity contribution is 0.372. The summed E-state index contributed by atoms with van der Waals surface area (Å²) in [4.78, 5) is 2.81. The van der Waals surface area contributed by atoms with Crippen molar-refractivity contribution >= 4 is 15.5 Å². The van der Waals surface area contributed by atoms with Crippen LogP contribution >= 0.6 is 0 Å². The fraction of sp³-hybridized carbons (Fsp3) is 0.625. The predicted octanol–water partition coefficient (Wildman–Crippen LogP) is 2.45. The third-order valence-electron chi connectivity index (χ3n) is 4.25. The molecule has 2 rings (SSSR count). The van der Waals surface area contributed by atoms with Gasteiger partial charge in [0.2, 0.25) is 0 Å². The molecule has 0 aliphatic carbocycles. The maximum Gasteiger partial charge on any atom is 0.175 e. The van der Waals surface area contributed by atoms with Gasteiger partial charge in [0.25, 0.3) is 0 Å².